The smallest absolute Gasteiger partial charge is 0.186 e. The molecule has 0 spiro atoms. The highest BCUT2D eigenvalue weighted by molar-refractivity contribution is 7.14. The zero-order valence-electron chi connectivity index (χ0n) is 11.6. The molecule has 1 aliphatic rings. The number of nitrogens with zero attached hydrogens (tertiary/aromatic N) is 1. The second-order valence-corrected chi connectivity index (χ2v) is 6.51. The Hall–Kier alpha value is -0.670. The van der Waals surface area contributed by atoms with Crippen LogP contribution in [0.1, 0.15) is 54.6 Å². The molecule has 2 heterocycles. The number of Topliss-reactive ketones (excluding diaryl/α,β-unsaturated/α-hetero) is 1. The van der Waals surface area contributed by atoms with Crippen molar-refractivity contribution in [2.45, 2.75) is 58.5 Å². The fraction of sp³-hybridized carbons (Fsp3) is 0.667. The Kier molecular flexibility index (Phi) is 4.57. The van der Waals surface area contributed by atoms with E-state index in [1.165, 1.54) is 24.1 Å². The van der Waals surface area contributed by atoms with Crippen LogP contribution in [0.4, 0.5) is 0 Å². The lowest BCUT2D eigenvalue weighted by molar-refractivity contribution is 0.0738. The summed E-state index contributed by atoms with van der Waals surface area (Å²) in [6.07, 6.45) is 4.77. The molecule has 0 saturated carbocycles. The van der Waals surface area contributed by atoms with E-state index in [9.17, 15) is 4.79 Å². The van der Waals surface area contributed by atoms with Gasteiger partial charge in [0.25, 0.3) is 0 Å². The molecule has 2 unspecified atom stereocenters. The summed E-state index contributed by atoms with van der Waals surface area (Å²) in [7, 11) is 0. The molecule has 0 aliphatic carbocycles. The van der Waals surface area contributed by atoms with Gasteiger partial charge >= 0.3 is 0 Å². The minimum atomic E-state index is 0.292. The summed E-state index contributed by atoms with van der Waals surface area (Å²) in [4.78, 5) is 16.9. The maximum Gasteiger partial charge on any atom is 0.186 e. The summed E-state index contributed by atoms with van der Waals surface area (Å²) >= 11 is 1.66. The zero-order chi connectivity index (χ0) is 13.1. The average Bonchev–Trinajstić information content (AvgIpc) is 2.82. The first-order chi connectivity index (χ1) is 8.61. The largest absolute Gasteiger partial charge is 0.292 e. The van der Waals surface area contributed by atoms with E-state index in [1.54, 1.807) is 11.3 Å². The topological polar surface area (TPSA) is 20.3 Å². The number of piperidine rings is 1. The highest BCUT2D eigenvalue weighted by Crippen LogP contribution is 2.24. The van der Waals surface area contributed by atoms with Gasteiger partial charge in [0.1, 0.15) is 0 Å². The van der Waals surface area contributed by atoms with Crippen molar-refractivity contribution in [2.75, 3.05) is 6.54 Å². The molecule has 2 nitrogen and oxygen atoms in total. The van der Waals surface area contributed by atoms with E-state index in [2.05, 4.69) is 31.7 Å². The molecule has 0 amide bonds. The normalized spacial score (nSPS) is 25.3. The molecular formula is C15H23NOS. The average molecular weight is 265 g/mol. The van der Waals surface area contributed by atoms with Crippen LogP contribution < -0.4 is 0 Å². The van der Waals surface area contributed by atoms with E-state index in [-0.39, 0.29) is 0 Å². The van der Waals surface area contributed by atoms with Crippen molar-refractivity contribution in [3.63, 3.8) is 0 Å². The van der Waals surface area contributed by atoms with Crippen molar-refractivity contribution in [2.24, 2.45) is 0 Å². The molecule has 3 heteroatoms. The third-order valence-corrected chi connectivity index (χ3v) is 5.26. The third kappa shape index (κ3) is 3.01. The van der Waals surface area contributed by atoms with Crippen LogP contribution in [0.15, 0.2) is 12.1 Å². The van der Waals surface area contributed by atoms with E-state index >= 15 is 0 Å². The van der Waals surface area contributed by atoms with E-state index in [0.717, 1.165) is 11.3 Å². The quantitative estimate of drug-likeness (QED) is 0.773. The Morgan fingerprint density at radius 3 is 2.56 bits per heavy atom. The molecule has 0 aromatic carbocycles. The lowest BCUT2D eigenvalue weighted by atomic mass is 9.97. The van der Waals surface area contributed by atoms with Gasteiger partial charge in [-0.3, -0.25) is 9.69 Å². The van der Waals surface area contributed by atoms with Crippen molar-refractivity contribution >= 4 is 17.1 Å². The summed E-state index contributed by atoms with van der Waals surface area (Å²) in [5.41, 5.74) is 0. The number of hydrogen-bond acceptors (Lipinski definition) is 3. The molecule has 1 fully saturated rings. The first kappa shape index (κ1) is 13.8. The SMILES string of the molecule is CCc1ccc(C(=O)CN2C(C)CCCC2C)s1. The van der Waals surface area contributed by atoms with Gasteiger partial charge in [-0.05, 0) is 45.2 Å². The number of ketones is 1. The minimum absolute atomic E-state index is 0.292. The second kappa shape index (κ2) is 5.98. The second-order valence-electron chi connectivity index (χ2n) is 5.34. The highest BCUT2D eigenvalue weighted by Gasteiger charge is 2.26. The molecule has 2 atom stereocenters. The summed E-state index contributed by atoms with van der Waals surface area (Å²) in [6.45, 7) is 7.21. The number of aryl methyl sites for hydroxylation is 1. The van der Waals surface area contributed by atoms with Crippen molar-refractivity contribution in [3.05, 3.63) is 21.9 Å². The Bertz CT molecular complexity index is 402. The summed E-state index contributed by atoms with van der Waals surface area (Å²) in [5, 5.41) is 0. The molecule has 2 rings (SSSR count). The van der Waals surface area contributed by atoms with Crippen molar-refractivity contribution in [1.29, 1.82) is 0 Å². The highest BCUT2D eigenvalue weighted by atomic mass is 32.1. The Morgan fingerprint density at radius 1 is 1.33 bits per heavy atom. The third-order valence-electron chi connectivity index (χ3n) is 3.99. The molecule has 0 bridgehead atoms. The molecule has 1 aliphatic heterocycles. The van der Waals surface area contributed by atoms with Gasteiger partial charge in [0.05, 0.1) is 11.4 Å². The van der Waals surface area contributed by atoms with Crippen LogP contribution in [-0.2, 0) is 6.42 Å². The number of thiophene rings is 1. The number of likely N-dealkylation sites (tertiary alicyclic amines) is 1. The van der Waals surface area contributed by atoms with Crippen LogP contribution in [-0.4, -0.2) is 29.3 Å². The van der Waals surface area contributed by atoms with E-state index in [0.29, 0.717) is 24.4 Å². The first-order valence-corrected chi connectivity index (χ1v) is 7.81. The summed E-state index contributed by atoms with van der Waals surface area (Å²) < 4.78 is 0. The standard InChI is InChI=1S/C15H23NOS/c1-4-13-8-9-15(18-13)14(17)10-16-11(2)6-5-7-12(16)3/h8-9,11-12H,4-7,10H2,1-3H3. The lowest BCUT2D eigenvalue weighted by Crippen LogP contribution is -2.46. The lowest BCUT2D eigenvalue weighted by Gasteiger charge is -2.38. The van der Waals surface area contributed by atoms with Crippen molar-refractivity contribution in [1.82, 2.24) is 4.90 Å². The number of rotatable bonds is 4. The molecular weight excluding hydrogens is 242 g/mol. The van der Waals surface area contributed by atoms with Crippen LogP contribution in [0.25, 0.3) is 0 Å². The van der Waals surface area contributed by atoms with E-state index in [1.807, 2.05) is 6.07 Å². The minimum Gasteiger partial charge on any atom is -0.292 e. The van der Waals surface area contributed by atoms with Gasteiger partial charge in [-0.1, -0.05) is 13.3 Å². The van der Waals surface area contributed by atoms with Crippen LogP contribution in [0.3, 0.4) is 0 Å². The zero-order valence-corrected chi connectivity index (χ0v) is 12.4. The Morgan fingerprint density at radius 2 is 2.00 bits per heavy atom. The van der Waals surface area contributed by atoms with Crippen LogP contribution in [0.2, 0.25) is 0 Å². The van der Waals surface area contributed by atoms with Crippen LogP contribution in [0, 0.1) is 0 Å². The maximum atomic E-state index is 12.3. The van der Waals surface area contributed by atoms with E-state index in [4.69, 9.17) is 0 Å². The predicted octanol–water partition coefficient (Wildman–Crippen LogP) is 3.76. The van der Waals surface area contributed by atoms with Crippen LogP contribution in [0.5, 0.6) is 0 Å². The van der Waals surface area contributed by atoms with Crippen molar-refractivity contribution < 1.29 is 4.79 Å². The number of carbonyl (C=O) groups is 1. The van der Waals surface area contributed by atoms with Gasteiger partial charge in [0, 0.05) is 17.0 Å². The van der Waals surface area contributed by atoms with E-state index < -0.39 is 0 Å². The predicted molar refractivity (Wildman–Crippen MR) is 77.5 cm³/mol. The van der Waals surface area contributed by atoms with Gasteiger partial charge in [-0.2, -0.15) is 0 Å². The maximum absolute atomic E-state index is 12.3. The van der Waals surface area contributed by atoms with Crippen molar-refractivity contribution in [3.8, 4) is 0 Å². The summed E-state index contributed by atoms with van der Waals surface area (Å²) in [5.74, 6) is 0.292. The number of carbonyl (C=O) groups excluding carboxylic acids is 1. The molecule has 0 N–H and O–H groups in total. The fourth-order valence-electron chi connectivity index (χ4n) is 2.75. The van der Waals surface area contributed by atoms with Gasteiger partial charge in [0.2, 0.25) is 0 Å². The van der Waals surface area contributed by atoms with Gasteiger partial charge in [0.15, 0.2) is 5.78 Å². The monoisotopic (exact) mass is 265 g/mol. The molecule has 1 aromatic heterocycles. The number of hydrogen-bond donors (Lipinski definition) is 0. The molecule has 100 valence electrons. The molecule has 18 heavy (non-hydrogen) atoms. The van der Waals surface area contributed by atoms with Crippen LogP contribution >= 0.6 is 11.3 Å². The molecule has 0 radical (unpaired) electrons. The van der Waals surface area contributed by atoms with Gasteiger partial charge in [-0.25, -0.2) is 0 Å². The van der Waals surface area contributed by atoms with Gasteiger partial charge in [-0.15, -0.1) is 11.3 Å². The molecule has 1 aromatic rings. The molecule has 1 saturated heterocycles. The Balaban J connectivity index is 2.01. The fourth-order valence-corrected chi connectivity index (χ4v) is 3.63. The van der Waals surface area contributed by atoms with Gasteiger partial charge < -0.3 is 0 Å². The first-order valence-electron chi connectivity index (χ1n) is 6.99. The summed E-state index contributed by atoms with van der Waals surface area (Å²) in [6, 6.07) is 5.16. The Labute approximate surface area is 114 Å².